The molecule has 0 bridgehead atoms. The number of benzene rings is 2. The van der Waals surface area contributed by atoms with Crippen LogP contribution in [0.3, 0.4) is 0 Å². The average Bonchev–Trinajstić information content (AvgIpc) is 2.96. The topological polar surface area (TPSA) is 40.5 Å². The summed E-state index contributed by atoms with van der Waals surface area (Å²) in [5, 5.41) is 11.6. The van der Waals surface area contributed by atoms with Crippen molar-refractivity contribution in [2.75, 3.05) is 13.2 Å². The molecule has 3 nitrogen and oxygen atoms in total. The molecule has 1 N–H and O–H groups in total. The first-order valence-corrected chi connectivity index (χ1v) is 7.16. The molecule has 1 aliphatic rings. The van der Waals surface area contributed by atoms with Gasteiger partial charge in [0.25, 0.3) is 0 Å². The molecule has 104 valence electrons. The van der Waals surface area contributed by atoms with E-state index >= 15 is 0 Å². The molecule has 0 saturated carbocycles. The predicted molar refractivity (Wildman–Crippen MR) is 79.5 cm³/mol. The molecule has 1 saturated heterocycles. The van der Waals surface area contributed by atoms with Gasteiger partial charge in [0.15, 0.2) is 0 Å². The molecule has 3 heteroatoms. The zero-order valence-electron chi connectivity index (χ0n) is 11.5. The van der Waals surface area contributed by atoms with Crippen molar-refractivity contribution < 1.29 is 9.90 Å². The highest BCUT2D eigenvalue weighted by Crippen LogP contribution is 2.22. The highest BCUT2D eigenvalue weighted by Gasteiger charge is 2.27. The summed E-state index contributed by atoms with van der Waals surface area (Å²) in [6.45, 7) is 0.843. The van der Waals surface area contributed by atoms with E-state index in [4.69, 9.17) is 0 Å². The summed E-state index contributed by atoms with van der Waals surface area (Å²) in [6.07, 6.45) is 2.32. The highest BCUT2D eigenvalue weighted by atomic mass is 16.3. The van der Waals surface area contributed by atoms with Crippen LogP contribution >= 0.6 is 0 Å². The molecule has 0 radical (unpaired) electrons. The first-order valence-electron chi connectivity index (χ1n) is 7.16. The number of aliphatic hydroxyl groups excluding tert-OH is 1. The van der Waals surface area contributed by atoms with E-state index in [9.17, 15) is 9.90 Å². The minimum atomic E-state index is 0.0116. The maximum atomic E-state index is 12.4. The lowest BCUT2D eigenvalue weighted by Crippen LogP contribution is -2.38. The number of rotatable bonds is 3. The maximum Gasteiger partial charge on any atom is 0.227 e. The number of nitrogens with zero attached hydrogens (tertiary/aromatic N) is 1. The average molecular weight is 269 g/mol. The van der Waals surface area contributed by atoms with Gasteiger partial charge in [0.2, 0.25) is 5.91 Å². The summed E-state index contributed by atoms with van der Waals surface area (Å²) in [4.78, 5) is 14.3. The lowest BCUT2D eigenvalue weighted by Gasteiger charge is -2.23. The molecule has 3 rings (SSSR count). The van der Waals surface area contributed by atoms with Gasteiger partial charge in [0.1, 0.15) is 0 Å². The van der Waals surface area contributed by atoms with Crippen LogP contribution in [0.25, 0.3) is 10.8 Å². The number of fused-ring (bicyclic) bond motifs is 1. The van der Waals surface area contributed by atoms with Gasteiger partial charge in [-0.15, -0.1) is 0 Å². The molecule has 0 spiro atoms. The molecule has 20 heavy (non-hydrogen) atoms. The fourth-order valence-corrected chi connectivity index (χ4v) is 3.06. The molecule has 2 aromatic rings. The van der Waals surface area contributed by atoms with Crippen LogP contribution in [0.5, 0.6) is 0 Å². The summed E-state index contributed by atoms with van der Waals surface area (Å²) >= 11 is 0. The SMILES string of the molecule is O=C(Cc1cccc2ccccc12)N1CCC[C@@H]1CO. The van der Waals surface area contributed by atoms with E-state index in [1.165, 1.54) is 0 Å². The molecule has 1 heterocycles. The van der Waals surface area contributed by atoms with E-state index in [1.54, 1.807) is 0 Å². The number of hydrogen-bond acceptors (Lipinski definition) is 2. The smallest absolute Gasteiger partial charge is 0.227 e. The summed E-state index contributed by atoms with van der Waals surface area (Å²) in [5.41, 5.74) is 1.07. The fourth-order valence-electron chi connectivity index (χ4n) is 3.06. The number of aliphatic hydroxyl groups is 1. The fraction of sp³-hybridized carbons (Fsp3) is 0.353. The maximum absolute atomic E-state index is 12.4. The molecule has 1 atom stereocenters. The minimum Gasteiger partial charge on any atom is -0.394 e. The van der Waals surface area contributed by atoms with E-state index in [0.717, 1.165) is 35.7 Å². The van der Waals surface area contributed by atoms with Crippen LogP contribution in [-0.4, -0.2) is 35.1 Å². The first kappa shape index (κ1) is 13.1. The molecular weight excluding hydrogens is 250 g/mol. The van der Waals surface area contributed by atoms with Crippen molar-refractivity contribution in [3.05, 3.63) is 48.0 Å². The molecule has 1 aliphatic heterocycles. The molecule has 0 aliphatic carbocycles. The van der Waals surface area contributed by atoms with Gasteiger partial charge in [-0.25, -0.2) is 0 Å². The Morgan fingerprint density at radius 3 is 2.85 bits per heavy atom. The van der Waals surface area contributed by atoms with Gasteiger partial charge in [-0.2, -0.15) is 0 Å². The summed E-state index contributed by atoms with van der Waals surface area (Å²) in [7, 11) is 0. The third kappa shape index (κ3) is 2.41. The third-order valence-electron chi connectivity index (χ3n) is 4.13. The van der Waals surface area contributed by atoms with Gasteiger partial charge in [0, 0.05) is 6.54 Å². The summed E-state index contributed by atoms with van der Waals surface area (Å²) in [5.74, 6) is 0.123. The van der Waals surface area contributed by atoms with Crippen LogP contribution in [0.1, 0.15) is 18.4 Å². The van der Waals surface area contributed by atoms with Crippen molar-refractivity contribution >= 4 is 16.7 Å². The van der Waals surface area contributed by atoms with Crippen LogP contribution in [0.2, 0.25) is 0 Å². The van der Waals surface area contributed by atoms with Crippen molar-refractivity contribution in [2.45, 2.75) is 25.3 Å². The van der Waals surface area contributed by atoms with E-state index < -0.39 is 0 Å². The van der Waals surface area contributed by atoms with Crippen molar-refractivity contribution in [3.63, 3.8) is 0 Å². The van der Waals surface area contributed by atoms with E-state index in [-0.39, 0.29) is 18.6 Å². The van der Waals surface area contributed by atoms with Crippen molar-refractivity contribution in [1.82, 2.24) is 4.90 Å². The van der Waals surface area contributed by atoms with Gasteiger partial charge >= 0.3 is 0 Å². The number of carbonyl (C=O) groups is 1. The molecule has 1 fully saturated rings. The van der Waals surface area contributed by atoms with Gasteiger partial charge in [-0.05, 0) is 29.2 Å². The molecular formula is C17H19NO2. The Morgan fingerprint density at radius 2 is 2.00 bits per heavy atom. The third-order valence-corrected chi connectivity index (χ3v) is 4.13. The van der Waals surface area contributed by atoms with Crippen LogP contribution < -0.4 is 0 Å². The molecule has 0 unspecified atom stereocenters. The Balaban J connectivity index is 1.84. The molecule has 1 amide bonds. The second kappa shape index (κ2) is 5.63. The number of carbonyl (C=O) groups excluding carboxylic acids is 1. The Bertz CT molecular complexity index is 618. The standard InChI is InChI=1S/C17H19NO2/c19-12-15-8-4-10-18(15)17(20)11-14-7-3-6-13-5-1-2-9-16(13)14/h1-3,5-7,9,15,19H,4,8,10-12H2/t15-/m1/s1. The Labute approximate surface area is 118 Å². The Morgan fingerprint density at radius 1 is 1.20 bits per heavy atom. The van der Waals surface area contributed by atoms with Crippen LogP contribution in [0, 0.1) is 0 Å². The largest absolute Gasteiger partial charge is 0.394 e. The van der Waals surface area contributed by atoms with E-state index in [2.05, 4.69) is 18.2 Å². The second-order valence-electron chi connectivity index (χ2n) is 5.38. The normalized spacial score (nSPS) is 18.6. The van der Waals surface area contributed by atoms with Crippen LogP contribution in [-0.2, 0) is 11.2 Å². The first-order chi connectivity index (χ1) is 9.79. The van der Waals surface area contributed by atoms with E-state index in [0.29, 0.717) is 6.42 Å². The van der Waals surface area contributed by atoms with Gasteiger partial charge in [0.05, 0.1) is 19.1 Å². The molecule has 0 aromatic heterocycles. The zero-order chi connectivity index (χ0) is 13.9. The molecule has 2 aromatic carbocycles. The summed E-state index contributed by atoms with van der Waals surface area (Å²) in [6, 6.07) is 14.2. The van der Waals surface area contributed by atoms with Crippen molar-refractivity contribution in [1.29, 1.82) is 0 Å². The lowest BCUT2D eigenvalue weighted by atomic mass is 10.0. The van der Waals surface area contributed by atoms with Crippen LogP contribution in [0.15, 0.2) is 42.5 Å². The number of hydrogen-bond donors (Lipinski definition) is 1. The predicted octanol–water partition coefficient (Wildman–Crippen LogP) is 2.37. The van der Waals surface area contributed by atoms with Gasteiger partial charge < -0.3 is 10.0 Å². The van der Waals surface area contributed by atoms with Gasteiger partial charge in [-0.1, -0.05) is 42.5 Å². The second-order valence-corrected chi connectivity index (χ2v) is 5.38. The van der Waals surface area contributed by atoms with E-state index in [1.807, 2.05) is 29.2 Å². The zero-order valence-corrected chi connectivity index (χ0v) is 11.5. The minimum absolute atomic E-state index is 0.0116. The van der Waals surface area contributed by atoms with Crippen molar-refractivity contribution in [2.24, 2.45) is 0 Å². The highest BCUT2D eigenvalue weighted by molar-refractivity contribution is 5.90. The van der Waals surface area contributed by atoms with Crippen LogP contribution in [0.4, 0.5) is 0 Å². The van der Waals surface area contributed by atoms with Gasteiger partial charge in [-0.3, -0.25) is 4.79 Å². The quantitative estimate of drug-likeness (QED) is 0.929. The Kier molecular flexibility index (Phi) is 3.70. The lowest BCUT2D eigenvalue weighted by molar-refractivity contribution is -0.131. The van der Waals surface area contributed by atoms with Crippen molar-refractivity contribution in [3.8, 4) is 0 Å². The Hall–Kier alpha value is -1.87. The monoisotopic (exact) mass is 269 g/mol. The number of likely N-dealkylation sites (tertiary alicyclic amines) is 1. The number of amides is 1. The summed E-state index contributed by atoms with van der Waals surface area (Å²) < 4.78 is 0.